The number of anilines is 1. The van der Waals surface area contributed by atoms with E-state index in [1.54, 1.807) is 19.1 Å². The van der Waals surface area contributed by atoms with Crippen LogP contribution in [0.15, 0.2) is 62.7 Å². The van der Waals surface area contributed by atoms with Gasteiger partial charge in [0, 0.05) is 38.0 Å². The number of hydrogen-bond acceptors (Lipinski definition) is 10. The highest BCUT2D eigenvalue weighted by Crippen LogP contribution is 2.20. The summed E-state index contributed by atoms with van der Waals surface area (Å²) in [6.07, 6.45) is 0.882. The quantitative estimate of drug-likeness (QED) is 0.416. The molecule has 1 aliphatic rings. The molecule has 3 aromatic rings. The van der Waals surface area contributed by atoms with Gasteiger partial charge in [-0.3, -0.25) is 10.1 Å². The number of aromatic nitrogens is 2. The van der Waals surface area contributed by atoms with E-state index in [0.717, 1.165) is 11.8 Å². The smallest absolute Gasteiger partial charge is 0.409 e. The second kappa shape index (κ2) is 11.5. The molecule has 0 radical (unpaired) electrons. The Morgan fingerprint density at radius 1 is 0.923 bits per heavy atom. The molecule has 13 nitrogen and oxygen atoms in total. The largest absolute Gasteiger partial charge is 0.450 e. The zero-order valence-corrected chi connectivity index (χ0v) is 22.9. The molecule has 0 spiro atoms. The van der Waals surface area contributed by atoms with Crippen molar-refractivity contribution in [1.82, 2.24) is 19.4 Å². The molecule has 1 aliphatic heterocycles. The maximum absolute atomic E-state index is 13.0. The van der Waals surface area contributed by atoms with Crippen molar-refractivity contribution in [1.29, 1.82) is 0 Å². The molecule has 1 aromatic heterocycles. The van der Waals surface area contributed by atoms with Crippen molar-refractivity contribution in [2.24, 2.45) is 0 Å². The third kappa shape index (κ3) is 6.79. The second-order valence-corrected chi connectivity index (χ2v) is 12.6. The van der Waals surface area contributed by atoms with Gasteiger partial charge in [0.05, 0.1) is 22.8 Å². The number of nitrogens with one attached hydrogen (secondary N) is 1. The van der Waals surface area contributed by atoms with E-state index in [4.69, 9.17) is 9.15 Å². The minimum Gasteiger partial charge on any atom is -0.450 e. The van der Waals surface area contributed by atoms with Crippen LogP contribution in [0.1, 0.15) is 28.7 Å². The van der Waals surface area contributed by atoms with Crippen LogP contribution in [0.3, 0.4) is 0 Å². The van der Waals surface area contributed by atoms with Gasteiger partial charge in [-0.1, -0.05) is 17.2 Å². The summed E-state index contributed by atoms with van der Waals surface area (Å²) < 4.78 is 60.9. The van der Waals surface area contributed by atoms with Crippen LogP contribution in [-0.2, 0) is 31.0 Å². The lowest BCUT2D eigenvalue weighted by Gasteiger charge is -2.33. The zero-order chi connectivity index (χ0) is 28.2. The standard InChI is InChI=1S/C24H27N5O8S2/c1-3-36-24(31)28-12-14-29(15-13-28)39(34,35)20-10-6-18(7-11-20)22(30)25-23-27-26-21(37-23)16-17-4-8-19(9-5-17)38(2,32)33/h4-11H,3,12-16H2,1-2H3,(H,25,27,30). The van der Waals surface area contributed by atoms with Crippen LogP contribution in [0.25, 0.3) is 0 Å². The Morgan fingerprint density at radius 2 is 1.54 bits per heavy atom. The molecule has 2 aromatic carbocycles. The van der Waals surface area contributed by atoms with Crippen LogP contribution in [0.5, 0.6) is 0 Å². The summed E-state index contributed by atoms with van der Waals surface area (Å²) in [6, 6.07) is 11.5. The third-order valence-electron chi connectivity index (χ3n) is 5.91. The molecule has 208 valence electrons. The van der Waals surface area contributed by atoms with Crippen LogP contribution in [0.4, 0.5) is 10.8 Å². The van der Waals surface area contributed by atoms with Gasteiger partial charge < -0.3 is 14.1 Å². The van der Waals surface area contributed by atoms with Crippen molar-refractivity contribution in [2.45, 2.75) is 23.1 Å². The second-order valence-electron chi connectivity index (χ2n) is 8.66. The minimum absolute atomic E-state index is 0.0191. The van der Waals surface area contributed by atoms with Crippen molar-refractivity contribution in [2.75, 3.05) is 44.4 Å². The van der Waals surface area contributed by atoms with Crippen molar-refractivity contribution >= 4 is 37.9 Å². The summed E-state index contributed by atoms with van der Waals surface area (Å²) in [4.78, 5) is 26.1. The monoisotopic (exact) mass is 577 g/mol. The Morgan fingerprint density at radius 3 is 2.13 bits per heavy atom. The molecule has 0 saturated carbocycles. The van der Waals surface area contributed by atoms with E-state index < -0.39 is 31.9 Å². The van der Waals surface area contributed by atoms with Gasteiger partial charge in [-0.05, 0) is 48.9 Å². The van der Waals surface area contributed by atoms with Crippen molar-refractivity contribution in [3.05, 3.63) is 65.5 Å². The highest BCUT2D eigenvalue weighted by atomic mass is 32.2. The Balaban J connectivity index is 1.34. The molecule has 0 atom stereocenters. The van der Waals surface area contributed by atoms with E-state index in [2.05, 4.69) is 15.5 Å². The van der Waals surface area contributed by atoms with Gasteiger partial charge in [-0.15, -0.1) is 5.10 Å². The first-order chi connectivity index (χ1) is 18.5. The number of nitrogens with zero attached hydrogens (tertiary/aromatic N) is 4. The summed E-state index contributed by atoms with van der Waals surface area (Å²) in [5, 5.41) is 10.2. The fourth-order valence-electron chi connectivity index (χ4n) is 3.83. The molecule has 1 N–H and O–H groups in total. The third-order valence-corrected chi connectivity index (χ3v) is 8.95. The molecule has 2 heterocycles. The van der Waals surface area contributed by atoms with Gasteiger partial charge in [0.2, 0.25) is 15.9 Å². The maximum Gasteiger partial charge on any atom is 0.409 e. The Hall–Kier alpha value is -3.82. The molecule has 0 bridgehead atoms. The predicted molar refractivity (Wildman–Crippen MR) is 138 cm³/mol. The molecule has 2 amide bonds. The van der Waals surface area contributed by atoms with E-state index in [1.165, 1.54) is 45.6 Å². The van der Waals surface area contributed by atoms with Crippen LogP contribution < -0.4 is 5.32 Å². The van der Waals surface area contributed by atoms with Gasteiger partial charge >= 0.3 is 12.1 Å². The molecule has 39 heavy (non-hydrogen) atoms. The first kappa shape index (κ1) is 28.2. The number of sulfonamides is 1. The van der Waals surface area contributed by atoms with Gasteiger partial charge in [-0.2, -0.15) is 4.31 Å². The summed E-state index contributed by atoms with van der Waals surface area (Å²) in [5.41, 5.74) is 0.917. The number of amides is 2. The van der Waals surface area contributed by atoms with Gasteiger partial charge in [0.15, 0.2) is 9.84 Å². The summed E-state index contributed by atoms with van der Waals surface area (Å²) in [7, 11) is -7.12. The SMILES string of the molecule is CCOC(=O)N1CCN(S(=O)(=O)c2ccc(C(=O)Nc3nnc(Cc4ccc(S(C)(=O)=O)cc4)o3)cc2)CC1. The topological polar surface area (TPSA) is 169 Å². The zero-order valence-electron chi connectivity index (χ0n) is 21.2. The van der Waals surface area contributed by atoms with Crippen molar-refractivity contribution in [3.63, 3.8) is 0 Å². The summed E-state index contributed by atoms with van der Waals surface area (Å²) in [6.45, 7) is 2.64. The molecule has 1 fully saturated rings. The van der Waals surface area contributed by atoms with Crippen LogP contribution in [-0.4, -0.2) is 87.3 Å². The first-order valence-electron chi connectivity index (χ1n) is 11.9. The van der Waals surface area contributed by atoms with Gasteiger partial charge in [0.25, 0.3) is 5.91 Å². The number of hydrogen-bond donors (Lipinski definition) is 1. The fraction of sp³-hybridized carbons (Fsp3) is 0.333. The lowest BCUT2D eigenvalue weighted by Crippen LogP contribution is -2.50. The highest BCUT2D eigenvalue weighted by molar-refractivity contribution is 7.90. The predicted octanol–water partition coefficient (Wildman–Crippen LogP) is 1.78. The lowest BCUT2D eigenvalue weighted by molar-refractivity contribution is 0.0933. The molecule has 4 rings (SSSR count). The Kier molecular flexibility index (Phi) is 8.32. The molecular formula is C24H27N5O8S2. The van der Waals surface area contributed by atoms with Crippen LogP contribution in [0.2, 0.25) is 0 Å². The number of benzene rings is 2. The van der Waals surface area contributed by atoms with Gasteiger partial charge in [-0.25, -0.2) is 21.6 Å². The Bertz CT molecular complexity index is 1540. The van der Waals surface area contributed by atoms with E-state index >= 15 is 0 Å². The number of piperazine rings is 1. The average Bonchev–Trinajstić information content (AvgIpc) is 3.35. The molecule has 0 unspecified atom stereocenters. The highest BCUT2D eigenvalue weighted by Gasteiger charge is 2.30. The van der Waals surface area contributed by atoms with Crippen LogP contribution >= 0.6 is 0 Å². The van der Waals surface area contributed by atoms with Crippen molar-refractivity contribution < 1.29 is 35.6 Å². The van der Waals surface area contributed by atoms with E-state index in [0.29, 0.717) is 0 Å². The molecular weight excluding hydrogens is 550 g/mol. The van der Waals surface area contributed by atoms with E-state index in [-0.39, 0.29) is 66.5 Å². The average molecular weight is 578 g/mol. The lowest BCUT2D eigenvalue weighted by atomic mass is 10.1. The maximum atomic E-state index is 13.0. The van der Waals surface area contributed by atoms with E-state index in [9.17, 15) is 26.4 Å². The number of ether oxygens (including phenoxy) is 1. The van der Waals surface area contributed by atoms with Crippen LogP contribution in [0, 0.1) is 0 Å². The number of sulfone groups is 1. The first-order valence-corrected chi connectivity index (χ1v) is 15.2. The number of carbonyl (C=O) groups is 2. The van der Waals surface area contributed by atoms with Crippen molar-refractivity contribution in [3.8, 4) is 0 Å². The molecule has 15 heteroatoms. The van der Waals surface area contributed by atoms with Gasteiger partial charge in [0.1, 0.15) is 0 Å². The summed E-state index contributed by atoms with van der Waals surface area (Å²) in [5.74, 6) is -0.364. The molecule has 1 saturated heterocycles. The fourth-order valence-corrected chi connectivity index (χ4v) is 5.88. The summed E-state index contributed by atoms with van der Waals surface area (Å²) >= 11 is 0. The number of carbonyl (C=O) groups excluding carboxylic acids is 2. The van der Waals surface area contributed by atoms with E-state index in [1.807, 2.05) is 0 Å². The Labute approximate surface area is 225 Å². The molecule has 0 aliphatic carbocycles. The minimum atomic E-state index is -3.81. The number of rotatable bonds is 8. The normalized spacial score (nSPS) is 14.7.